The lowest BCUT2D eigenvalue weighted by Crippen LogP contribution is -2.08. The van der Waals surface area contributed by atoms with Crippen LogP contribution in [0.5, 0.6) is 6.01 Å². The molecule has 2 aromatic heterocycles. The Labute approximate surface area is 175 Å². The molecule has 8 nitrogen and oxygen atoms in total. The Balaban J connectivity index is 1.57. The van der Waals surface area contributed by atoms with Crippen LogP contribution in [0.15, 0.2) is 48.5 Å². The van der Waals surface area contributed by atoms with Crippen molar-refractivity contribution in [3.63, 3.8) is 0 Å². The molecule has 4 aromatic rings. The van der Waals surface area contributed by atoms with Crippen molar-refractivity contribution in [3.05, 3.63) is 59.9 Å². The highest BCUT2D eigenvalue weighted by Crippen LogP contribution is 2.30. The van der Waals surface area contributed by atoms with Gasteiger partial charge in [0.2, 0.25) is 5.82 Å². The molecule has 0 spiro atoms. The number of methoxy groups -OCH3 is 1. The van der Waals surface area contributed by atoms with Gasteiger partial charge >= 0.3 is 6.01 Å². The molecule has 2 heterocycles. The van der Waals surface area contributed by atoms with Crippen LogP contribution in [0.25, 0.3) is 22.5 Å². The Morgan fingerprint density at radius 2 is 1.80 bits per heavy atom. The van der Waals surface area contributed by atoms with Crippen LogP contribution in [0.4, 0.5) is 0 Å². The summed E-state index contributed by atoms with van der Waals surface area (Å²) in [6, 6.07) is 16.9. The Hall–Kier alpha value is -3.55. The second-order valence-corrected chi connectivity index (χ2v) is 7.58. The number of nitrogens with zero attached hydrogens (tertiary/aromatic N) is 6. The summed E-state index contributed by atoms with van der Waals surface area (Å²) in [4.78, 5) is 4.53. The minimum atomic E-state index is 0.416. The van der Waals surface area contributed by atoms with Gasteiger partial charge in [-0.15, -0.1) is 15.3 Å². The number of aromatic amines is 1. The molecule has 30 heavy (non-hydrogen) atoms. The number of hydrogen-bond acceptors (Lipinski definition) is 6. The molecule has 0 bridgehead atoms. The van der Waals surface area contributed by atoms with Crippen molar-refractivity contribution in [1.29, 1.82) is 0 Å². The van der Waals surface area contributed by atoms with Crippen molar-refractivity contribution in [1.82, 2.24) is 35.4 Å². The molecule has 0 fully saturated rings. The molecular weight excluding hydrogens is 378 g/mol. The fourth-order valence-electron chi connectivity index (χ4n) is 3.32. The van der Waals surface area contributed by atoms with Gasteiger partial charge in [-0.2, -0.15) is 10.2 Å². The second kappa shape index (κ2) is 8.86. The van der Waals surface area contributed by atoms with Gasteiger partial charge in [-0.3, -0.25) is 0 Å². The van der Waals surface area contributed by atoms with Gasteiger partial charge in [-0.25, -0.2) is 4.68 Å². The number of aryl methyl sites for hydroxylation is 1. The third-order valence-electron chi connectivity index (χ3n) is 4.97. The largest absolute Gasteiger partial charge is 0.466 e. The first-order valence-corrected chi connectivity index (χ1v) is 10.0. The summed E-state index contributed by atoms with van der Waals surface area (Å²) >= 11 is 0. The number of ether oxygens (including phenoxy) is 1. The minimum Gasteiger partial charge on any atom is -0.466 e. The zero-order valence-electron chi connectivity index (χ0n) is 17.4. The van der Waals surface area contributed by atoms with E-state index in [-0.39, 0.29) is 0 Å². The van der Waals surface area contributed by atoms with Crippen LogP contribution < -0.4 is 4.74 Å². The van der Waals surface area contributed by atoms with E-state index in [1.807, 2.05) is 22.9 Å². The second-order valence-electron chi connectivity index (χ2n) is 7.58. The third kappa shape index (κ3) is 4.37. The molecule has 4 rings (SSSR count). The van der Waals surface area contributed by atoms with Gasteiger partial charge < -0.3 is 4.74 Å². The summed E-state index contributed by atoms with van der Waals surface area (Å²) in [5.74, 6) is 2.10. The van der Waals surface area contributed by atoms with Crippen molar-refractivity contribution in [2.75, 3.05) is 7.11 Å². The lowest BCUT2D eigenvalue weighted by molar-refractivity contribution is 0.372. The predicted molar refractivity (Wildman–Crippen MR) is 114 cm³/mol. The number of benzene rings is 2. The van der Waals surface area contributed by atoms with Crippen LogP contribution in [0.3, 0.4) is 0 Å². The van der Waals surface area contributed by atoms with E-state index in [4.69, 9.17) is 4.74 Å². The van der Waals surface area contributed by atoms with Crippen LogP contribution in [0, 0.1) is 5.92 Å². The standard InChI is InChI=1S/C22H25N7O/c1-15(2)12-13-29-20(23-22(26-29)30-3)14-16-8-10-17(11-9-16)18-6-4-5-7-19(18)21-24-27-28-25-21/h4-11,15H,12-14H2,1-3H3,(H,24,25,27,28). The predicted octanol–water partition coefficient (Wildman–Crippen LogP) is 3.77. The molecule has 0 saturated heterocycles. The number of nitrogens with one attached hydrogen (secondary N) is 1. The molecule has 0 aliphatic rings. The van der Waals surface area contributed by atoms with Crippen molar-refractivity contribution in [3.8, 4) is 28.5 Å². The summed E-state index contributed by atoms with van der Waals surface area (Å²) < 4.78 is 7.20. The molecule has 0 unspecified atom stereocenters. The van der Waals surface area contributed by atoms with Crippen molar-refractivity contribution in [2.24, 2.45) is 5.92 Å². The third-order valence-corrected chi connectivity index (χ3v) is 4.97. The van der Waals surface area contributed by atoms with Crippen molar-refractivity contribution >= 4 is 0 Å². The van der Waals surface area contributed by atoms with E-state index in [2.05, 4.69) is 74.9 Å². The Morgan fingerprint density at radius 1 is 1.03 bits per heavy atom. The molecule has 1 N–H and O–H groups in total. The topological polar surface area (TPSA) is 94.4 Å². The number of rotatable bonds is 8. The fraction of sp³-hybridized carbons (Fsp3) is 0.318. The average molecular weight is 403 g/mol. The first-order chi connectivity index (χ1) is 14.6. The molecule has 0 amide bonds. The maximum absolute atomic E-state index is 5.24. The lowest BCUT2D eigenvalue weighted by Gasteiger charge is -2.09. The Kier molecular flexibility index (Phi) is 5.83. The van der Waals surface area contributed by atoms with E-state index in [1.54, 1.807) is 7.11 Å². The molecule has 2 aromatic carbocycles. The maximum Gasteiger partial charge on any atom is 0.335 e. The monoisotopic (exact) mass is 403 g/mol. The van der Waals surface area contributed by atoms with E-state index in [1.165, 1.54) is 0 Å². The first kappa shape index (κ1) is 19.8. The molecule has 154 valence electrons. The fourth-order valence-corrected chi connectivity index (χ4v) is 3.32. The van der Waals surface area contributed by atoms with Gasteiger partial charge in [-0.05, 0) is 34.2 Å². The van der Waals surface area contributed by atoms with Crippen molar-refractivity contribution < 1.29 is 4.74 Å². The smallest absolute Gasteiger partial charge is 0.335 e. The Morgan fingerprint density at radius 3 is 2.47 bits per heavy atom. The van der Waals surface area contributed by atoms with E-state index in [9.17, 15) is 0 Å². The van der Waals surface area contributed by atoms with Crippen LogP contribution in [0.2, 0.25) is 0 Å². The van der Waals surface area contributed by atoms with Crippen LogP contribution in [-0.4, -0.2) is 42.5 Å². The minimum absolute atomic E-state index is 0.416. The number of hydrogen-bond donors (Lipinski definition) is 1. The summed E-state index contributed by atoms with van der Waals surface area (Å²) in [5, 5.41) is 18.9. The van der Waals surface area contributed by atoms with E-state index in [0.29, 0.717) is 24.2 Å². The normalized spacial score (nSPS) is 11.2. The van der Waals surface area contributed by atoms with Gasteiger partial charge in [0.25, 0.3) is 0 Å². The van der Waals surface area contributed by atoms with Gasteiger partial charge in [0, 0.05) is 18.5 Å². The number of H-pyrrole nitrogens is 1. The highest BCUT2D eigenvalue weighted by Gasteiger charge is 2.13. The van der Waals surface area contributed by atoms with Gasteiger partial charge in [0.1, 0.15) is 5.82 Å². The summed E-state index contributed by atoms with van der Waals surface area (Å²) in [6.45, 7) is 5.25. The summed E-state index contributed by atoms with van der Waals surface area (Å²) in [5.41, 5.74) is 4.26. The van der Waals surface area contributed by atoms with Crippen LogP contribution >= 0.6 is 0 Å². The lowest BCUT2D eigenvalue weighted by atomic mass is 9.98. The quantitative estimate of drug-likeness (QED) is 0.481. The molecule has 0 aliphatic carbocycles. The molecule has 0 aliphatic heterocycles. The van der Waals surface area contributed by atoms with Crippen LogP contribution in [0.1, 0.15) is 31.7 Å². The molecule has 8 heteroatoms. The number of aromatic nitrogens is 7. The molecule has 0 radical (unpaired) electrons. The van der Waals surface area contributed by atoms with Crippen molar-refractivity contribution in [2.45, 2.75) is 33.2 Å². The SMILES string of the molecule is COc1nc(Cc2ccc(-c3ccccc3-c3nn[nH]n3)cc2)n(CCC(C)C)n1. The van der Waals surface area contributed by atoms with Gasteiger partial charge in [0.05, 0.1) is 7.11 Å². The maximum atomic E-state index is 5.24. The summed E-state index contributed by atoms with van der Waals surface area (Å²) in [7, 11) is 1.60. The summed E-state index contributed by atoms with van der Waals surface area (Å²) in [6.07, 6.45) is 1.74. The molecular formula is C22H25N7O. The average Bonchev–Trinajstić information content (AvgIpc) is 3.43. The number of tetrazole rings is 1. The molecule has 0 atom stereocenters. The first-order valence-electron chi connectivity index (χ1n) is 10.0. The van der Waals surface area contributed by atoms with E-state index >= 15 is 0 Å². The Bertz CT molecular complexity index is 1090. The molecule has 0 saturated carbocycles. The highest BCUT2D eigenvalue weighted by atomic mass is 16.5. The van der Waals surface area contributed by atoms with Gasteiger partial charge in [0.15, 0.2) is 0 Å². The zero-order valence-corrected chi connectivity index (χ0v) is 17.4. The highest BCUT2D eigenvalue weighted by molar-refractivity contribution is 5.80. The van der Waals surface area contributed by atoms with Gasteiger partial charge in [-0.1, -0.05) is 62.4 Å². The van der Waals surface area contributed by atoms with E-state index in [0.717, 1.165) is 41.0 Å². The van der Waals surface area contributed by atoms with Crippen LogP contribution in [-0.2, 0) is 13.0 Å². The zero-order chi connectivity index (χ0) is 20.9. The van der Waals surface area contributed by atoms with E-state index < -0.39 is 0 Å².